The highest BCUT2D eigenvalue weighted by Gasteiger charge is 2.26. The van der Waals surface area contributed by atoms with E-state index in [0.717, 1.165) is 24.4 Å². The van der Waals surface area contributed by atoms with Crippen LogP contribution in [0.3, 0.4) is 0 Å². The number of nitrogens with zero attached hydrogens (tertiary/aromatic N) is 2. The summed E-state index contributed by atoms with van der Waals surface area (Å²) in [5.74, 6) is 1.11. The molecule has 0 bridgehead atoms. The van der Waals surface area contributed by atoms with E-state index in [1.165, 1.54) is 12.0 Å². The van der Waals surface area contributed by atoms with Crippen molar-refractivity contribution >= 4 is 11.7 Å². The van der Waals surface area contributed by atoms with Gasteiger partial charge in [0.25, 0.3) is 0 Å². The summed E-state index contributed by atoms with van der Waals surface area (Å²) < 4.78 is 1.86. The van der Waals surface area contributed by atoms with Gasteiger partial charge < -0.3 is 5.32 Å². The number of anilines is 1. The molecular formula is C16H19N3O. The van der Waals surface area contributed by atoms with Crippen molar-refractivity contribution in [1.82, 2.24) is 9.78 Å². The number of hydrogen-bond acceptors (Lipinski definition) is 2. The van der Waals surface area contributed by atoms with Crippen LogP contribution >= 0.6 is 0 Å². The predicted octanol–water partition coefficient (Wildman–Crippen LogP) is 2.98. The molecule has 1 aromatic carbocycles. The molecule has 0 aliphatic heterocycles. The van der Waals surface area contributed by atoms with Crippen molar-refractivity contribution in [3.05, 3.63) is 47.7 Å². The van der Waals surface area contributed by atoms with Crippen LogP contribution in [0.15, 0.2) is 36.4 Å². The van der Waals surface area contributed by atoms with E-state index in [-0.39, 0.29) is 11.8 Å². The zero-order valence-electron chi connectivity index (χ0n) is 11.7. The zero-order chi connectivity index (χ0) is 13.9. The fourth-order valence-corrected chi connectivity index (χ4v) is 2.42. The van der Waals surface area contributed by atoms with Crippen LogP contribution in [-0.4, -0.2) is 15.7 Å². The van der Waals surface area contributed by atoms with Gasteiger partial charge in [0.1, 0.15) is 5.82 Å². The Kier molecular flexibility index (Phi) is 3.54. The summed E-state index contributed by atoms with van der Waals surface area (Å²) in [6.07, 6.45) is 3.19. The van der Waals surface area contributed by atoms with Crippen molar-refractivity contribution in [3.8, 4) is 0 Å². The first-order chi connectivity index (χ1) is 9.72. The summed E-state index contributed by atoms with van der Waals surface area (Å²) >= 11 is 0. The lowest BCUT2D eigenvalue weighted by atomic mass is 9.85. The van der Waals surface area contributed by atoms with Gasteiger partial charge in [-0.1, -0.05) is 36.8 Å². The van der Waals surface area contributed by atoms with Gasteiger partial charge in [0.2, 0.25) is 5.91 Å². The number of amides is 1. The van der Waals surface area contributed by atoms with Crippen molar-refractivity contribution in [1.29, 1.82) is 0 Å². The highest BCUT2D eigenvalue weighted by atomic mass is 16.2. The van der Waals surface area contributed by atoms with Crippen molar-refractivity contribution in [2.45, 2.75) is 32.7 Å². The number of nitrogens with one attached hydrogen (secondary N) is 1. The predicted molar refractivity (Wildman–Crippen MR) is 78.5 cm³/mol. The second-order valence-corrected chi connectivity index (χ2v) is 5.43. The maximum atomic E-state index is 12.1. The van der Waals surface area contributed by atoms with E-state index >= 15 is 0 Å². The van der Waals surface area contributed by atoms with Crippen LogP contribution < -0.4 is 5.32 Å². The van der Waals surface area contributed by atoms with Crippen molar-refractivity contribution in [2.75, 3.05) is 5.32 Å². The Balaban J connectivity index is 1.75. The summed E-state index contributed by atoms with van der Waals surface area (Å²) in [4.78, 5) is 12.1. The molecule has 1 fully saturated rings. The molecule has 1 amide bonds. The number of aryl methyl sites for hydroxylation is 1. The average Bonchev–Trinajstić information content (AvgIpc) is 2.68. The van der Waals surface area contributed by atoms with Crippen LogP contribution in [0.1, 0.15) is 30.5 Å². The molecule has 0 saturated heterocycles. The first-order valence-corrected chi connectivity index (χ1v) is 7.11. The highest BCUT2D eigenvalue weighted by molar-refractivity contribution is 5.92. The largest absolute Gasteiger partial charge is 0.311 e. The lowest BCUT2D eigenvalue weighted by Gasteiger charge is -2.24. The van der Waals surface area contributed by atoms with E-state index in [1.807, 2.05) is 35.9 Å². The topological polar surface area (TPSA) is 46.9 Å². The Labute approximate surface area is 118 Å². The summed E-state index contributed by atoms with van der Waals surface area (Å²) in [5, 5.41) is 7.48. The Morgan fingerprint density at radius 3 is 2.75 bits per heavy atom. The van der Waals surface area contributed by atoms with Gasteiger partial charge in [-0.2, -0.15) is 5.10 Å². The third kappa shape index (κ3) is 2.74. The molecule has 0 spiro atoms. The van der Waals surface area contributed by atoms with E-state index in [9.17, 15) is 4.79 Å². The van der Waals surface area contributed by atoms with Gasteiger partial charge in [-0.05, 0) is 25.3 Å². The second kappa shape index (κ2) is 5.49. The first-order valence-electron chi connectivity index (χ1n) is 7.11. The quantitative estimate of drug-likeness (QED) is 0.927. The molecule has 4 nitrogen and oxygen atoms in total. The Bertz CT molecular complexity index is 599. The lowest BCUT2D eigenvalue weighted by molar-refractivity contribution is -0.122. The maximum absolute atomic E-state index is 12.1. The summed E-state index contributed by atoms with van der Waals surface area (Å²) in [5.41, 5.74) is 2.10. The molecule has 20 heavy (non-hydrogen) atoms. The molecule has 3 rings (SSSR count). The fraction of sp³-hybridized carbons (Fsp3) is 0.375. The lowest BCUT2D eigenvalue weighted by Crippen LogP contribution is -2.29. The molecule has 0 atom stereocenters. The number of carbonyl (C=O) groups excluding carboxylic acids is 1. The molecule has 1 N–H and O–H groups in total. The van der Waals surface area contributed by atoms with Crippen LogP contribution in [0.5, 0.6) is 0 Å². The van der Waals surface area contributed by atoms with Crippen LogP contribution in [0.2, 0.25) is 0 Å². The van der Waals surface area contributed by atoms with Crippen molar-refractivity contribution in [2.24, 2.45) is 5.92 Å². The number of carbonyl (C=O) groups is 1. The van der Waals surface area contributed by atoms with Gasteiger partial charge >= 0.3 is 0 Å². The van der Waals surface area contributed by atoms with Gasteiger partial charge in [-0.15, -0.1) is 0 Å². The van der Waals surface area contributed by atoms with E-state index in [4.69, 9.17) is 0 Å². The fourth-order valence-electron chi connectivity index (χ4n) is 2.42. The van der Waals surface area contributed by atoms with Crippen LogP contribution in [-0.2, 0) is 11.3 Å². The number of rotatable bonds is 4. The summed E-state index contributed by atoms with van der Waals surface area (Å²) in [7, 11) is 0. The van der Waals surface area contributed by atoms with E-state index < -0.39 is 0 Å². The van der Waals surface area contributed by atoms with Crippen LogP contribution in [0, 0.1) is 12.8 Å². The number of benzene rings is 1. The third-order valence-corrected chi connectivity index (χ3v) is 3.80. The molecule has 4 heteroatoms. The van der Waals surface area contributed by atoms with Gasteiger partial charge in [0.05, 0.1) is 12.2 Å². The van der Waals surface area contributed by atoms with Gasteiger partial charge in [0, 0.05) is 12.0 Å². The van der Waals surface area contributed by atoms with E-state index in [0.29, 0.717) is 6.54 Å². The monoisotopic (exact) mass is 269 g/mol. The minimum Gasteiger partial charge on any atom is -0.311 e. The summed E-state index contributed by atoms with van der Waals surface area (Å²) in [6.45, 7) is 2.62. The normalized spacial score (nSPS) is 14.8. The van der Waals surface area contributed by atoms with Crippen molar-refractivity contribution < 1.29 is 4.79 Å². The third-order valence-electron chi connectivity index (χ3n) is 3.80. The Morgan fingerprint density at radius 1 is 1.35 bits per heavy atom. The van der Waals surface area contributed by atoms with Gasteiger partial charge in [-0.25, -0.2) is 4.68 Å². The molecule has 0 unspecified atom stereocenters. The SMILES string of the molecule is Cc1cc(NC(=O)C2CCC2)n(Cc2ccccc2)n1. The number of aromatic nitrogens is 2. The van der Waals surface area contributed by atoms with Crippen LogP contribution in [0.4, 0.5) is 5.82 Å². The average molecular weight is 269 g/mol. The Morgan fingerprint density at radius 2 is 2.10 bits per heavy atom. The molecule has 1 heterocycles. The number of hydrogen-bond donors (Lipinski definition) is 1. The molecule has 104 valence electrons. The van der Waals surface area contributed by atoms with E-state index in [1.54, 1.807) is 0 Å². The highest BCUT2D eigenvalue weighted by Crippen LogP contribution is 2.27. The van der Waals surface area contributed by atoms with Crippen LogP contribution in [0.25, 0.3) is 0 Å². The molecule has 2 aromatic rings. The summed E-state index contributed by atoms with van der Waals surface area (Å²) in [6, 6.07) is 12.1. The smallest absolute Gasteiger partial charge is 0.228 e. The van der Waals surface area contributed by atoms with E-state index in [2.05, 4.69) is 22.5 Å². The van der Waals surface area contributed by atoms with Gasteiger partial charge in [-0.3, -0.25) is 4.79 Å². The minimum absolute atomic E-state index is 0.130. The molecule has 1 aliphatic carbocycles. The molecular weight excluding hydrogens is 250 g/mol. The molecule has 1 aromatic heterocycles. The second-order valence-electron chi connectivity index (χ2n) is 5.43. The minimum atomic E-state index is 0.130. The first kappa shape index (κ1) is 12.9. The Hall–Kier alpha value is -2.10. The maximum Gasteiger partial charge on any atom is 0.228 e. The zero-order valence-corrected chi connectivity index (χ0v) is 11.7. The molecule has 0 radical (unpaired) electrons. The standard InChI is InChI=1S/C16H19N3O/c1-12-10-15(17-16(20)14-8-5-9-14)19(18-12)11-13-6-3-2-4-7-13/h2-4,6-7,10,14H,5,8-9,11H2,1H3,(H,17,20). The molecule has 1 aliphatic rings. The molecule has 1 saturated carbocycles. The van der Waals surface area contributed by atoms with Gasteiger partial charge in [0.15, 0.2) is 0 Å². The van der Waals surface area contributed by atoms with Crippen molar-refractivity contribution in [3.63, 3.8) is 0 Å².